The summed E-state index contributed by atoms with van der Waals surface area (Å²) in [6.07, 6.45) is 2.53. The van der Waals surface area contributed by atoms with E-state index in [9.17, 15) is 4.79 Å². The minimum absolute atomic E-state index is 0.244. The molecule has 1 N–H and O–H groups in total. The minimum Gasteiger partial charge on any atom is -0.456 e. The number of nitrogens with zero attached hydrogens (tertiary/aromatic N) is 1. The first-order chi connectivity index (χ1) is 10.7. The van der Waals surface area contributed by atoms with Gasteiger partial charge in [0.15, 0.2) is 5.76 Å². The standard InChI is InChI=1S/C15H16N2O5/c1-10-8-11(17-22-10)9-16-14(18)5-3-12-2-4-13(21-12)15-19-6-7-20-15/h2-5,8,15H,6-7,9H2,1H3,(H,16,18)/b5-3+. The van der Waals surface area contributed by atoms with Crippen molar-refractivity contribution in [3.8, 4) is 0 Å². The number of nitrogens with one attached hydrogen (secondary N) is 1. The van der Waals surface area contributed by atoms with Crippen LogP contribution in [-0.2, 0) is 20.8 Å². The van der Waals surface area contributed by atoms with Gasteiger partial charge in [0, 0.05) is 12.1 Å². The Kier molecular flexibility index (Phi) is 4.36. The molecule has 0 unspecified atom stereocenters. The lowest BCUT2D eigenvalue weighted by Gasteiger charge is -2.03. The highest BCUT2D eigenvalue weighted by Gasteiger charge is 2.21. The lowest BCUT2D eigenvalue weighted by molar-refractivity contribution is -0.116. The summed E-state index contributed by atoms with van der Waals surface area (Å²) in [5.74, 6) is 1.61. The molecule has 0 aliphatic carbocycles. The number of carbonyl (C=O) groups excluding carboxylic acids is 1. The van der Waals surface area contributed by atoms with Crippen molar-refractivity contribution in [1.29, 1.82) is 0 Å². The first kappa shape index (κ1) is 14.6. The van der Waals surface area contributed by atoms with Crippen molar-refractivity contribution in [2.24, 2.45) is 0 Å². The molecule has 1 aliphatic heterocycles. The third kappa shape index (κ3) is 3.63. The highest BCUT2D eigenvalue weighted by atomic mass is 16.7. The molecule has 0 saturated carbocycles. The van der Waals surface area contributed by atoms with Gasteiger partial charge in [0.05, 0.1) is 19.8 Å². The van der Waals surface area contributed by atoms with Crippen LogP contribution in [0.25, 0.3) is 6.08 Å². The molecule has 22 heavy (non-hydrogen) atoms. The van der Waals surface area contributed by atoms with Gasteiger partial charge < -0.3 is 23.7 Å². The number of carbonyl (C=O) groups is 1. The second-order valence-corrected chi connectivity index (χ2v) is 4.79. The summed E-state index contributed by atoms with van der Waals surface area (Å²) in [7, 11) is 0. The molecule has 7 nitrogen and oxygen atoms in total. The maximum absolute atomic E-state index is 11.7. The number of ether oxygens (including phenoxy) is 2. The van der Waals surface area contributed by atoms with Crippen LogP contribution in [0, 0.1) is 6.92 Å². The molecular weight excluding hydrogens is 288 g/mol. The van der Waals surface area contributed by atoms with Crippen LogP contribution < -0.4 is 5.32 Å². The zero-order valence-corrected chi connectivity index (χ0v) is 12.1. The summed E-state index contributed by atoms with van der Waals surface area (Å²) in [6.45, 7) is 3.22. The number of hydrogen-bond donors (Lipinski definition) is 1. The third-order valence-corrected chi connectivity index (χ3v) is 3.02. The number of amides is 1. The van der Waals surface area contributed by atoms with E-state index in [4.69, 9.17) is 18.4 Å². The van der Waals surface area contributed by atoms with Crippen molar-refractivity contribution in [3.63, 3.8) is 0 Å². The molecule has 2 aromatic rings. The average Bonchev–Trinajstić information content (AvgIpc) is 3.23. The summed E-state index contributed by atoms with van der Waals surface area (Å²) >= 11 is 0. The number of aryl methyl sites for hydroxylation is 1. The molecule has 1 fully saturated rings. The van der Waals surface area contributed by atoms with Gasteiger partial charge in [-0.1, -0.05) is 5.16 Å². The predicted molar refractivity (Wildman–Crippen MR) is 75.5 cm³/mol. The number of rotatable bonds is 5. The third-order valence-electron chi connectivity index (χ3n) is 3.02. The Morgan fingerprint density at radius 2 is 2.23 bits per heavy atom. The molecule has 0 bridgehead atoms. The minimum atomic E-state index is -0.452. The molecule has 0 aromatic carbocycles. The van der Waals surface area contributed by atoms with Gasteiger partial charge in [-0.2, -0.15) is 0 Å². The van der Waals surface area contributed by atoms with Crippen LogP contribution in [0.3, 0.4) is 0 Å². The van der Waals surface area contributed by atoms with Crippen molar-refractivity contribution in [2.75, 3.05) is 13.2 Å². The lowest BCUT2D eigenvalue weighted by atomic mass is 10.3. The zero-order chi connectivity index (χ0) is 15.4. The second kappa shape index (κ2) is 6.59. The Balaban J connectivity index is 1.51. The fourth-order valence-electron chi connectivity index (χ4n) is 2.00. The largest absolute Gasteiger partial charge is 0.456 e. The Morgan fingerprint density at radius 1 is 1.41 bits per heavy atom. The fraction of sp³-hybridized carbons (Fsp3) is 0.333. The van der Waals surface area contributed by atoms with Crippen LogP contribution in [0.4, 0.5) is 0 Å². The molecule has 1 amide bonds. The summed E-state index contributed by atoms with van der Waals surface area (Å²) in [6, 6.07) is 5.29. The first-order valence-electron chi connectivity index (χ1n) is 6.92. The van der Waals surface area contributed by atoms with Gasteiger partial charge in [-0.3, -0.25) is 4.79 Å². The zero-order valence-electron chi connectivity index (χ0n) is 12.1. The van der Waals surface area contributed by atoms with Crippen molar-refractivity contribution < 1.29 is 23.2 Å². The predicted octanol–water partition coefficient (Wildman–Crippen LogP) is 1.95. The Morgan fingerprint density at radius 3 is 2.95 bits per heavy atom. The van der Waals surface area contributed by atoms with E-state index in [1.165, 1.54) is 6.08 Å². The SMILES string of the molecule is Cc1cc(CNC(=O)/C=C/c2ccc(C3OCCO3)o2)no1. The summed E-state index contributed by atoms with van der Waals surface area (Å²) < 4.78 is 21.1. The smallest absolute Gasteiger partial charge is 0.244 e. The number of aromatic nitrogens is 1. The fourth-order valence-corrected chi connectivity index (χ4v) is 2.00. The normalized spacial score (nSPS) is 15.7. The van der Waals surface area contributed by atoms with Crippen molar-refractivity contribution in [1.82, 2.24) is 10.5 Å². The van der Waals surface area contributed by atoms with Gasteiger partial charge in [0.1, 0.15) is 17.2 Å². The molecule has 3 heterocycles. The second-order valence-electron chi connectivity index (χ2n) is 4.79. The molecule has 1 saturated heterocycles. The van der Waals surface area contributed by atoms with Crippen LogP contribution in [0.15, 0.2) is 33.2 Å². The molecule has 0 atom stereocenters. The van der Waals surface area contributed by atoms with Gasteiger partial charge in [0.2, 0.25) is 12.2 Å². The highest BCUT2D eigenvalue weighted by Crippen LogP contribution is 2.25. The van der Waals surface area contributed by atoms with Gasteiger partial charge in [-0.15, -0.1) is 0 Å². The van der Waals surface area contributed by atoms with E-state index in [0.29, 0.717) is 42.7 Å². The molecule has 7 heteroatoms. The van der Waals surface area contributed by atoms with E-state index in [0.717, 1.165) is 0 Å². The number of hydrogen-bond acceptors (Lipinski definition) is 6. The highest BCUT2D eigenvalue weighted by molar-refractivity contribution is 5.91. The topological polar surface area (TPSA) is 86.7 Å². The summed E-state index contributed by atoms with van der Waals surface area (Å²) in [5, 5.41) is 6.50. The van der Waals surface area contributed by atoms with Gasteiger partial charge in [-0.05, 0) is 25.1 Å². The van der Waals surface area contributed by atoms with Crippen molar-refractivity contribution in [2.45, 2.75) is 19.8 Å². The van der Waals surface area contributed by atoms with Crippen LogP contribution in [0.1, 0.15) is 29.3 Å². The molecule has 0 spiro atoms. The molecular formula is C15H16N2O5. The first-order valence-corrected chi connectivity index (χ1v) is 6.92. The van der Waals surface area contributed by atoms with Crippen molar-refractivity contribution in [3.05, 3.63) is 47.2 Å². The van der Waals surface area contributed by atoms with Gasteiger partial charge >= 0.3 is 0 Å². The van der Waals surface area contributed by atoms with Gasteiger partial charge in [0.25, 0.3) is 0 Å². The van der Waals surface area contributed by atoms with E-state index in [-0.39, 0.29) is 5.91 Å². The lowest BCUT2D eigenvalue weighted by Crippen LogP contribution is -2.20. The molecule has 2 aromatic heterocycles. The van der Waals surface area contributed by atoms with Gasteiger partial charge in [-0.25, -0.2) is 0 Å². The monoisotopic (exact) mass is 304 g/mol. The molecule has 1 aliphatic rings. The van der Waals surface area contributed by atoms with Crippen LogP contribution >= 0.6 is 0 Å². The van der Waals surface area contributed by atoms with E-state index >= 15 is 0 Å². The molecule has 116 valence electrons. The average molecular weight is 304 g/mol. The van der Waals surface area contributed by atoms with Crippen molar-refractivity contribution >= 4 is 12.0 Å². The quantitative estimate of drug-likeness (QED) is 0.850. The summed E-state index contributed by atoms with van der Waals surface area (Å²) in [4.78, 5) is 11.7. The van der Waals surface area contributed by atoms with E-state index in [2.05, 4.69) is 10.5 Å². The number of furan rings is 1. The Bertz CT molecular complexity index is 667. The van der Waals surface area contributed by atoms with E-state index in [1.807, 2.05) is 0 Å². The maximum Gasteiger partial charge on any atom is 0.244 e. The van der Waals surface area contributed by atoms with E-state index < -0.39 is 6.29 Å². The van der Waals surface area contributed by atoms with Crippen LogP contribution in [-0.4, -0.2) is 24.3 Å². The summed E-state index contributed by atoms with van der Waals surface area (Å²) in [5.41, 5.74) is 0.676. The Labute approximate surface area is 126 Å². The molecule has 0 radical (unpaired) electrons. The molecule has 3 rings (SSSR count). The van der Waals surface area contributed by atoms with Crippen LogP contribution in [0.2, 0.25) is 0 Å². The maximum atomic E-state index is 11.7. The Hall–Kier alpha value is -2.38. The van der Waals surface area contributed by atoms with E-state index in [1.54, 1.807) is 31.2 Å². The van der Waals surface area contributed by atoms with Crippen LogP contribution in [0.5, 0.6) is 0 Å².